The molecule has 5 heteroatoms. The van der Waals surface area contributed by atoms with Crippen LogP contribution in [0.5, 0.6) is 0 Å². The van der Waals surface area contributed by atoms with Gasteiger partial charge in [0.05, 0.1) is 5.52 Å². The maximum Gasteiger partial charge on any atom is 0.219 e. The third-order valence-corrected chi connectivity index (χ3v) is 6.31. The fourth-order valence-corrected chi connectivity index (χ4v) is 4.85. The van der Waals surface area contributed by atoms with Gasteiger partial charge in [-0.05, 0) is 50.3 Å². The molecule has 1 amide bonds. The summed E-state index contributed by atoms with van der Waals surface area (Å²) in [6.45, 7) is 7.35. The average Bonchev–Trinajstić information content (AvgIpc) is 3.11. The Bertz CT molecular complexity index is 807. The fourth-order valence-electron chi connectivity index (χ4n) is 4.85. The predicted molar refractivity (Wildman–Crippen MR) is 102 cm³/mol. The van der Waals surface area contributed by atoms with Crippen molar-refractivity contribution in [2.75, 3.05) is 26.2 Å². The summed E-state index contributed by atoms with van der Waals surface area (Å²) >= 11 is 0. The van der Waals surface area contributed by atoms with Gasteiger partial charge in [-0.15, -0.1) is 0 Å². The summed E-state index contributed by atoms with van der Waals surface area (Å²) < 4.78 is 16.5. The second-order valence-electron chi connectivity index (χ2n) is 7.87. The molecule has 1 saturated heterocycles. The van der Waals surface area contributed by atoms with Gasteiger partial charge in [0.25, 0.3) is 0 Å². The number of fused-ring (bicyclic) bond motifs is 1. The predicted octanol–water partition coefficient (Wildman–Crippen LogP) is 3.74. The van der Waals surface area contributed by atoms with Gasteiger partial charge >= 0.3 is 0 Å². The number of aromatic nitrogens is 1. The molecule has 2 aliphatic rings. The molecule has 0 radical (unpaired) electrons. The monoisotopic (exact) mass is 357 g/mol. The van der Waals surface area contributed by atoms with Crippen LogP contribution in [0.4, 0.5) is 4.39 Å². The summed E-state index contributed by atoms with van der Waals surface area (Å²) in [7, 11) is 0. The summed E-state index contributed by atoms with van der Waals surface area (Å²) in [6.07, 6.45) is 6.77. The SMILES string of the molecule is CC(=O)N1CCN([C@@H]2CCC[C@@H](n3ccc4c(F)ccc(C)c43)C2)CC1. The Hall–Kier alpha value is -1.88. The number of hydrogen-bond donors (Lipinski definition) is 0. The molecular formula is C21H28FN3O. The molecule has 1 aliphatic heterocycles. The number of amides is 1. The third-order valence-electron chi connectivity index (χ3n) is 6.31. The van der Waals surface area contributed by atoms with Crippen molar-refractivity contribution in [2.45, 2.75) is 51.6 Å². The molecule has 4 nitrogen and oxygen atoms in total. The van der Waals surface area contributed by atoms with Crippen molar-refractivity contribution in [1.82, 2.24) is 14.4 Å². The fraction of sp³-hybridized carbons (Fsp3) is 0.571. The summed E-state index contributed by atoms with van der Waals surface area (Å²) in [5.41, 5.74) is 2.20. The standard InChI is InChI=1S/C21H28FN3O/c1-15-6-7-20(22)19-8-9-25(21(15)19)18-5-3-4-17(14-18)24-12-10-23(11-13-24)16(2)26/h6-9,17-18H,3-5,10-14H2,1-2H3/t17-,18-/m1/s1. The van der Waals surface area contributed by atoms with E-state index in [9.17, 15) is 9.18 Å². The molecule has 2 atom stereocenters. The lowest BCUT2D eigenvalue weighted by molar-refractivity contribution is -0.131. The lowest BCUT2D eigenvalue weighted by atomic mass is 9.89. The molecular weight excluding hydrogens is 329 g/mol. The van der Waals surface area contributed by atoms with Gasteiger partial charge in [0.1, 0.15) is 5.82 Å². The van der Waals surface area contributed by atoms with Crippen molar-refractivity contribution < 1.29 is 9.18 Å². The van der Waals surface area contributed by atoms with Crippen LogP contribution in [0.1, 0.15) is 44.2 Å². The van der Waals surface area contributed by atoms with Crippen LogP contribution in [0, 0.1) is 12.7 Å². The minimum absolute atomic E-state index is 0.128. The molecule has 0 unspecified atom stereocenters. The Balaban J connectivity index is 1.51. The molecule has 0 N–H and O–H groups in total. The number of carbonyl (C=O) groups excluding carboxylic acids is 1. The molecule has 4 rings (SSSR count). The van der Waals surface area contributed by atoms with Crippen molar-refractivity contribution >= 4 is 16.8 Å². The minimum Gasteiger partial charge on any atom is -0.344 e. The van der Waals surface area contributed by atoms with Gasteiger partial charge in [0, 0.05) is 56.8 Å². The first-order chi connectivity index (χ1) is 12.5. The number of nitrogens with zero attached hydrogens (tertiary/aromatic N) is 3. The number of hydrogen-bond acceptors (Lipinski definition) is 2. The highest BCUT2D eigenvalue weighted by Crippen LogP contribution is 2.35. The first kappa shape index (κ1) is 17.5. The quantitative estimate of drug-likeness (QED) is 0.819. The summed E-state index contributed by atoms with van der Waals surface area (Å²) in [6, 6.07) is 6.37. The van der Waals surface area contributed by atoms with Crippen molar-refractivity contribution in [2.24, 2.45) is 0 Å². The molecule has 2 fully saturated rings. The Labute approximate surface area is 154 Å². The average molecular weight is 357 g/mol. The summed E-state index contributed by atoms with van der Waals surface area (Å²) in [4.78, 5) is 16.1. The first-order valence-electron chi connectivity index (χ1n) is 9.80. The molecule has 140 valence electrons. The Morgan fingerprint density at radius 3 is 2.54 bits per heavy atom. The normalized spacial score (nSPS) is 25.0. The van der Waals surface area contributed by atoms with E-state index in [0.29, 0.717) is 12.1 Å². The van der Waals surface area contributed by atoms with Crippen LogP contribution >= 0.6 is 0 Å². The summed E-state index contributed by atoms with van der Waals surface area (Å²) in [5.74, 6) is 0.0551. The topological polar surface area (TPSA) is 28.5 Å². The largest absolute Gasteiger partial charge is 0.344 e. The molecule has 1 aliphatic carbocycles. The van der Waals surface area contributed by atoms with Crippen LogP contribution < -0.4 is 0 Å². The van der Waals surface area contributed by atoms with E-state index in [1.807, 2.05) is 17.0 Å². The van der Waals surface area contributed by atoms with E-state index in [-0.39, 0.29) is 11.7 Å². The smallest absolute Gasteiger partial charge is 0.219 e. The van der Waals surface area contributed by atoms with Crippen LogP contribution in [-0.4, -0.2) is 52.5 Å². The van der Waals surface area contributed by atoms with Crippen LogP contribution in [0.2, 0.25) is 0 Å². The molecule has 1 aromatic heterocycles. The van der Waals surface area contributed by atoms with Gasteiger partial charge in [-0.2, -0.15) is 0 Å². The molecule has 26 heavy (non-hydrogen) atoms. The number of benzene rings is 1. The number of carbonyl (C=O) groups is 1. The zero-order valence-corrected chi connectivity index (χ0v) is 15.7. The van der Waals surface area contributed by atoms with Gasteiger partial charge in [0.2, 0.25) is 5.91 Å². The van der Waals surface area contributed by atoms with Crippen LogP contribution in [0.15, 0.2) is 24.4 Å². The van der Waals surface area contributed by atoms with E-state index in [1.165, 1.54) is 12.8 Å². The van der Waals surface area contributed by atoms with E-state index in [4.69, 9.17) is 0 Å². The van der Waals surface area contributed by atoms with Gasteiger partial charge in [-0.1, -0.05) is 6.07 Å². The van der Waals surface area contributed by atoms with Crippen molar-refractivity contribution in [3.63, 3.8) is 0 Å². The molecule has 1 aromatic carbocycles. The van der Waals surface area contributed by atoms with Crippen LogP contribution in [-0.2, 0) is 4.79 Å². The maximum atomic E-state index is 14.2. The van der Waals surface area contributed by atoms with Crippen molar-refractivity contribution in [1.29, 1.82) is 0 Å². The Morgan fingerprint density at radius 1 is 1.08 bits per heavy atom. The second-order valence-corrected chi connectivity index (χ2v) is 7.87. The highest BCUT2D eigenvalue weighted by Gasteiger charge is 2.30. The maximum absolute atomic E-state index is 14.2. The lowest BCUT2D eigenvalue weighted by Crippen LogP contribution is -2.52. The molecule has 1 saturated carbocycles. The highest BCUT2D eigenvalue weighted by molar-refractivity contribution is 5.84. The third kappa shape index (κ3) is 3.13. The zero-order valence-electron chi connectivity index (χ0n) is 15.7. The minimum atomic E-state index is -0.128. The second kappa shape index (κ2) is 7.03. The van der Waals surface area contributed by atoms with Gasteiger partial charge < -0.3 is 9.47 Å². The molecule has 2 aromatic rings. The van der Waals surface area contributed by atoms with Crippen LogP contribution in [0.25, 0.3) is 10.9 Å². The van der Waals surface area contributed by atoms with E-state index in [0.717, 1.165) is 55.5 Å². The van der Waals surface area contributed by atoms with E-state index in [2.05, 4.69) is 22.6 Å². The highest BCUT2D eigenvalue weighted by atomic mass is 19.1. The summed E-state index contributed by atoms with van der Waals surface area (Å²) in [5, 5.41) is 0.738. The van der Waals surface area contributed by atoms with Crippen molar-refractivity contribution in [3.05, 3.63) is 35.8 Å². The van der Waals surface area contributed by atoms with E-state index in [1.54, 1.807) is 13.0 Å². The zero-order chi connectivity index (χ0) is 18.3. The number of piperazine rings is 1. The van der Waals surface area contributed by atoms with E-state index < -0.39 is 0 Å². The lowest BCUT2D eigenvalue weighted by Gasteiger charge is -2.42. The van der Waals surface area contributed by atoms with Gasteiger partial charge in [-0.3, -0.25) is 9.69 Å². The van der Waals surface area contributed by atoms with Crippen molar-refractivity contribution in [3.8, 4) is 0 Å². The molecule has 0 spiro atoms. The Kier molecular flexibility index (Phi) is 4.74. The van der Waals surface area contributed by atoms with Crippen LogP contribution in [0.3, 0.4) is 0 Å². The molecule has 2 heterocycles. The van der Waals surface area contributed by atoms with E-state index >= 15 is 0 Å². The number of aryl methyl sites for hydroxylation is 1. The van der Waals surface area contributed by atoms with Gasteiger partial charge in [-0.25, -0.2) is 4.39 Å². The molecule has 0 bridgehead atoms. The number of rotatable bonds is 2. The first-order valence-corrected chi connectivity index (χ1v) is 9.80. The Morgan fingerprint density at radius 2 is 1.81 bits per heavy atom. The number of halogens is 1. The van der Waals surface area contributed by atoms with Gasteiger partial charge in [0.15, 0.2) is 0 Å².